The molecule has 0 unspecified atom stereocenters. The molecule has 0 atom stereocenters. The molecule has 0 aliphatic rings. The van der Waals surface area contributed by atoms with Gasteiger partial charge in [0, 0.05) is 0 Å². The van der Waals surface area contributed by atoms with E-state index in [1.54, 1.807) is 42.5 Å². The second kappa shape index (κ2) is 5.29. The first-order valence-electron chi connectivity index (χ1n) is 5.19. The number of carbonyl (C=O) groups excluding carboxylic acids is 1. The highest BCUT2D eigenvalue weighted by molar-refractivity contribution is 6.37. The molecular weight excluding hydrogens is 271 g/mol. The summed E-state index contributed by atoms with van der Waals surface area (Å²) in [5.74, 6) is -0.326. The molecule has 0 saturated heterocycles. The predicted octanol–water partition coefficient (Wildman–Crippen LogP) is 3.83. The first-order chi connectivity index (χ1) is 8.59. The van der Waals surface area contributed by atoms with E-state index >= 15 is 0 Å². The Hall–Kier alpha value is -1.71. The van der Waals surface area contributed by atoms with Crippen molar-refractivity contribution in [1.82, 2.24) is 0 Å². The summed E-state index contributed by atoms with van der Waals surface area (Å²) in [5, 5.41) is 3.37. The topological polar surface area (TPSA) is 55.1 Å². The van der Waals surface area contributed by atoms with Crippen LogP contribution in [0.4, 0.5) is 11.4 Å². The van der Waals surface area contributed by atoms with Gasteiger partial charge in [0.1, 0.15) is 0 Å². The molecule has 3 N–H and O–H groups in total. The lowest BCUT2D eigenvalue weighted by Gasteiger charge is -2.09. The van der Waals surface area contributed by atoms with Crippen molar-refractivity contribution in [3.63, 3.8) is 0 Å². The number of halogens is 2. The number of amides is 1. The van der Waals surface area contributed by atoms with Gasteiger partial charge < -0.3 is 11.1 Å². The van der Waals surface area contributed by atoms with Crippen molar-refractivity contribution in [2.75, 3.05) is 11.1 Å². The molecular formula is C13H10Cl2N2O. The molecule has 0 bridgehead atoms. The van der Waals surface area contributed by atoms with Crippen LogP contribution in [0.15, 0.2) is 42.5 Å². The molecule has 92 valence electrons. The van der Waals surface area contributed by atoms with Crippen LogP contribution < -0.4 is 11.1 Å². The van der Waals surface area contributed by atoms with Crippen LogP contribution in [-0.2, 0) is 0 Å². The second-order valence-electron chi connectivity index (χ2n) is 3.64. The third kappa shape index (κ3) is 2.58. The van der Waals surface area contributed by atoms with E-state index in [9.17, 15) is 4.79 Å². The zero-order valence-electron chi connectivity index (χ0n) is 9.28. The normalized spacial score (nSPS) is 10.1. The molecule has 2 aromatic rings. The minimum absolute atomic E-state index is 0.318. The molecule has 0 saturated carbocycles. The Kier molecular flexibility index (Phi) is 3.75. The third-order valence-corrected chi connectivity index (χ3v) is 3.15. The van der Waals surface area contributed by atoms with Gasteiger partial charge in [-0.3, -0.25) is 4.79 Å². The Labute approximate surface area is 115 Å². The van der Waals surface area contributed by atoms with Crippen molar-refractivity contribution < 1.29 is 4.79 Å². The molecule has 0 aromatic heterocycles. The largest absolute Gasteiger partial charge is 0.397 e. The van der Waals surface area contributed by atoms with E-state index in [0.717, 1.165) is 0 Å². The summed E-state index contributed by atoms with van der Waals surface area (Å²) in [5.41, 5.74) is 6.91. The number of carbonyl (C=O) groups is 1. The molecule has 5 heteroatoms. The maximum atomic E-state index is 12.0. The number of anilines is 2. The van der Waals surface area contributed by atoms with Gasteiger partial charge in [0.15, 0.2) is 0 Å². The van der Waals surface area contributed by atoms with Gasteiger partial charge in [-0.2, -0.15) is 0 Å². The summed E-state index contributed by atoms with van der Waals surface area (Å²) in [6.45, 7) is 0. The number of benzene rings is 2. The highest BCUT2D eigenvalue weighted by atomic mass is 35.5. The number of hydrogen-bond donors (Lipinski definition) is 2. The maximum absolute atomic E-state index is 12.0. The molecule has 0 radical (unpaired) electrons. The Morgan fingerprint density at radius 1 is 1.06 bits per heavy atom. The predicted molar refractivity (Wildman–Crippen MR) is 75.3 cm³/mol. The van der Waals surface area contributed by atoms with Crippen molar-refractivity contribution in [3.05, 3.63) is 58.1 Å². The molecule has 0 fully saturated rings. The number of nitrogens with one attached hydrogen (secondary N) is 1. The monoisotopic (exact) mass is 280 g/mol. The summed E-state index contributed by atoms with van der Waals surface area (Å²) in [6, 6.07) is 11.8. The molecule has 0 aliphatic heterocycles. The van der Waals surface area contributed by atoms with Crippen LogP contribution in [0.5, 0.6) is 0 Å². The zero-order valence-corrected chi connectivity index (χ0v) is 10.8. The fourth-order valence-electron chi connectivity index (χ4n) is 1.48. The van der Waals surface area contributed by atoms with E-state index in [4.69, 9.17) is 28.9 Å². The van der Waals surface area contributed by atoms with E-state index in [1.807, 2.05) is 0 Å². The smallest absolute Gasteiger partial charge is 0.257 e. The summed E-state index contributed by atoms with van der Waals surface area (Å²) in [6.07, 6.45) is 0. The lowest BCUT2D eigenvalue weighted by Crippen LogP contribution is -2.13. The first kappa shape index (κ1) is 12.7. The number of hydrogen-bond acceptors (Lipinski definition) is 2. The van der Waals surface area contributed by atoms with Gasteiger partial charge in [0.25, 0.3) is 5.91 Å². The SMILES string of the molecule is Nc1cccc(NC(=O)c2ccccc2Cl)c1Cl. The highest BCUT2D eigenvalue weighted by Crippen LogP contribution is 2.28. The Bertz CT molecular complexity index is 599. The molecule has 18 heavy (non-hydrogen) atoms. The second-order valence-corrected chi connectivity index (χ2v) is 4.43. The minimum atomic E-state index is -0.326. The van der Waals surface area contributed by atoms with Gasteiger partial charge in [-0.25, -0.2) is 0 Å². The fourth-order valence-corrected chi connectivity index (χ4v) is 1.88. The average molecular weight is 281 g/mol. The molecule has 3 nitrogen and oxygen atoms in total. The van der Waals surface area contributed by atoms with Crippen molar-refractivity contribution in [3.8, 4) is 0 Å². The summed E-state index contributed by atoms with van der Waals surface area (Å²) >= 11 is 11.9. The van der Waals surface area contributed by atoms with Crippen molar-refractivity contribution in [2.24, 2.45) is 0 Å². The molecule has 0 heterocycles. The van der Waals surface area contributed by atoms with E-state index in [0.29, 0.717) is 27.0 Å². The molecule has 0 aliphatic carbocycles. The number of rotatable bonds is 2. The molecule has 2 rings (SSSR count). The Morgan fingerprint density at radius 3 is 2.50 bits per heavy atom. The third-order valence-electron chi connectivity index (χ3n) is 2.40. The van der Waals surface area contributed by atoms with E-state index < -0.39 is 0 Å². The van der Waals surface area contributed by atoms with Gasteiger partial charge in [-0.1, -0.05) is 41.4 Å². The summed E-state index contributed by atoms with van der Waals surface area (Å²) in [4.78, 5) is 12.0. The van der Waals surface area contributed by atoms with Crippen LogP contribution in [0.3, 0.4) is 0 Å². The maximum Gasteiger partial charge on any atom is 0.257 e. The zero-order chi connectivity index (χ0) is 13.1. The van der Waals surface area contributed by atoms with E-state index in [2.05, 4.69) is 5.32 Å². The van der Waals surface area contributed by atoms with E-state index in [-0.39, 0.29) is 5.91 Å². The standard InChI is InChI=1S/C13H10Cl2N2O/c14-9-5-2-1-4-8(9)13(18)17-11-7-3-6-10(16)12(11)15/h1-7H,16H2,(H,17,18). The van der Waals surface area contributed by atoms with Crippen molar-refractivity contribution in [1.29, 1.82) is 0 Å². The highest BCUT2D eigenvalue weighted by Gasteiger charge is 2.12. The van der Waals surface area contributed by atoms with Crippen LogP contribution in [0.25, 0.3) is 0 Å². The lowest BCUT2D eigenvalue weighted by atomic mass is 10.2. The van der Waals surface area contributed by atoms with Crippen LogP contribution in [0, 0.1) is 0 Å². The molecule has 2 aromatic carbocycles. The van der Waals surface area contributed by atoms with Crippen LogP contribution in [0.2, 0.25) is 10.0 Å². The van der Waals surface area contributed by atoms with Crippen molar-refractivity contribution >= 4 is 40.5 Å². The average Bonchev–Trinajstić information content (AvgIpc) is 2.35. The Morgan fingerprint density at radius 2 is 1.78 bits per heavy atom. The van der Waals surface area contributed by atoms with Crippen LogP contribution >= 0.6 is 23.2 Å². The van der Waals surface area contributed by atoms with Crippen LogP contribution in [-0.4, -0.2) is 5.91 Å². The van der Waals surface area contributed by atoms with Gasteiger partial charge in [-0.05, 0) is 24.3 Å². The number of nitrogen functional groups attached to an aromatic ring is 1. The van der Waals surface area contributed by atoms with Crippen molar-refractivity contribution in [2.45, 2.75) is 0 Å². The van der Waals surface area contributed by atoms with Gasteiger partial charge in [-0.15, -0.1) is 0 Å². The van der Waals surface area contributed by atoms with E-state index in [1.165, 1.54) is 0 Å². The van der Waals surface area contributed by atoms with Gasteiger partial charge in [0.2, 0.25) is 0 Å². The van der Waals surface area contributed by atoms with Gasteiger partial charge >= 0.3 is 0 Å². The fraction of sp³-hybridized carbons (Fsp3) is 0. The van der Waals surface area contributed by atoms with Gasteiger partial charge in [0.05, 0.1) is 27.0 Å². The lowest BCUT2D eigenvalue weighted by molar-refractivity contribution is 0.102. The first-order valence-corrected chi connectivity index (χ1v) is 5.95. The minimum Gasteiger partial charge on any atom is -0.397 e. The Balaban J connectivity index is 2.27. The molecule has 0 spiro atoms. The number of nitrogens with two attached hydrogens (primary N) is 1. The van der Waals surface area contributed by atoms with Crippen LogP contribution in [0.1, 0.15) is 10.4 Å². The quantitative estimate of drug-likeness (QED) is 0.822. The molecule has 1 amide bonds. The summed E-state index contributed by atoms with van der Waals surface area (Å²) in [7, 11) is 0. The summed E-state index contributed by atoms with van der Waals surface area (Å²) < 4.78 is 0.